The molecule has 0 aliphatic rings. The molecule has 0 saturated heterocycles. The molecule has 122 valence electrons. The summed E-state index contributed by atoms with van der Waals surface area (Å²) in [6.07, 6.45) is 1.50. The van der Waals surface area contributed by atoms with E-state index in [1.54, 1.807) is 0 Å². The van der Waals surface area contributed by atoms with Gasteiger partial charge in [-0.3, -0.25) is 0 Å². The molecule has 5 heteroatoms. The van der Waals surface area contributed by atoms with Crippen LogP contribution in [0.1, 0.15) is 11.1 Å². The van der Waals surface area contributed by atoms with Crippen LogP contribution in [0.5, 0.6) is 11.6 Å². The first kappa shape index (κ1) is 16.3. The Kier molecular flexibility index (Phi) is 4.96. The van der Waals surface area contributed by atoms with E-state index in [1.807, 2.05) is 61.3 Å². The molecule has 0 unspecified atom stereocenters. The van der Waals surface area contributed by atoms with Gasteiger partial charge in [0.25, 0.3) is 0 Å². The zero-order chi connectivity index (χ0) is 16.9. The third-order valence-electron chi connectivity index (χ3n) is 3.58. The molecule has 0 saturated carbocycles. The highest BCUT2D eigenvalue weighted by atomic mass is 35.5. The maximum Gasteiger partial charge on any atom is 0.224 e. The molecule has 1 heterocycles. The Morgan fingerprint density at radius 3 is 2.62 bits per heavy atom. The van der Waals surface area contributed by atoms with Crippen molar-refractivity contribution in [2.24, 2.45) is 0 Å². The molecule has 0 atom stereocenters. The number of nitrogens with zero attached hydrogens (tertiary/aromatic N) is 3. The molecule has 24 heavy (non-hydrogen) atoms. The average molecular weight is 340 g/mol. The van der Waals surface area contributed by atoms with Gasteiger partial charge in [0.15, 0.2) is 0 Å². The number of halogens is 1. The summed E-state index contributed by atoms with van der Waals surface area (Å²) < 4.78 is 5.82. The number of anilines is 1. The summed E-state index contributed by atoms with van der Waals surface area (Å²) in [4.78, 5) is 10.5. The molecule has 3 aromatic rings. The van der Waals surface area contributed by atoms with Crippen molar-refractivity contribution in [2.75, 3.05) is 11.9 Å². The molecule has 0 radical (unpaired) electrons. The Morgan fingerprint density at radius 1 is 1.04 bits per heavy atom. The molecule has 0 spiro atoms. The van der Waals surface area contributed by atoms with Crippen LogP contribution in [0.15, 0.2) is 60.9 Å². The molecule has 0 aliphatic heterocycles. The minimum Gasteiger partial charge on any atom is -0.437 e. The van der Waals surface area contributed by atoms with Gasteiger partial charge < -0.3 is 9.64 Å². The van der Waals surface area contributed by atoms with Crippen molar-refractivity contribution in [2.45, 2.75) is 13.5 Å². The van der Waals surface area contributed by atoms with Crippen LogP contribution in [0.3, 0.4) is 0 Å². The third kappa shape index (κ3) is 4.03. The topological polar surface area (TPSA) is 38.2 Å². The highest BCUT2D eigenvalue weighted by molar-refractivity contribution is 6.32. The first-order valence-electron chi connectivity index (χ1n) is 7.63. The number of hydrogen-bond donors (Lipinski definition) is 0. The second-order valence-corrected chi connectivity index (χ2v) is 6.00. The van der Waals surface area contributed by atoms with Gasteiger partial charge in [0, 0.05) is 19.7 Å². The number of aryl methyl sites for hydroxylation is 1. The van der Waals surface area contributed by atoms with Crippen LogP contribution in [0, 0.1) is 6.92 Å². The molecular weight excluding hydrogens is 322 g/mol. The van der Waals surface area contributed by atoms with Gasteiger partial charge in [-0.15, -0.1) is 0 Å². The van der Waals surface area contributed by atoms with Gasteiger partial charge in [-0.1, -0.05) is 48.0 Å². The van der Waals surface area contributed by atoms with Gasteiger partial charge in [-0.05, 0) is 30.2 Å². The molecule has 4 nitrogen and oxygen atoms in total. The zero-order valence-electron chi connectivity index (χ0n) is 13.6. The summed E-state index contributed by atoms with van der Waals surface area (Å²) in [5, 5.41) is 0.554. The van der Waals surface area contributed by atoms with Gasteiger partial charge in [0.2, 0.25) is 5.88 Å². The lowest BCUT2D eigenvalue weighted by molar-refractivity contribution is 0.461. The van der Waals surface area contributed by atoms with Gasteiger partial charge in [-0.25, -0.2) is 9.97 Å². The maximum atomic E-state index is 6.18. The van der Waals surface area contributed by atoms with E-state index < -0.39 is 0 Å². The summed E-state index contributed by atoms with van der Waals surface area (Å²) in [5.74, 6) is 1.84. The molecule has 1 aromatic heterocycles. The molecule has 0 bridgehead atoms. The van der Waals surface area contributed by atoms with Gasteiger partial charge in [0.1, 0.15) is 17.9 Å². The molecular formula is C19H18ClN3O. The Balaban J connectivity index is 1.77. The van der Waals surface area contributed by atoms with Crippen LogP contribution in [0.25, 0.3) is 0 Å². The lowest BCUT2D eigenvalue weighted by Crippen LogP contribution is -2.17. The summed E-state index contributed by atoms with van der Waals surface area (Å²) in [6, 6.07) is 17.7. The smallest absolute Gasteiger partial charge is 0.224 e. The van der Waals surface area contributed by atoms with Gasteiger partial charge in [-0.2, -0.15) is 0 Å². The van der Waals surface area contributed by atoms with Crippen molar-refractivity contribution < 1.29 is 4.74 Å². The minimum absolute atomic E-state index is 0.465. The Morgan fingerprint density at radius 2 is 1.83 bits per heavy atom. The molecule has 0 amide bonds. The summed E-state index contributed by atoms with van der Waals surface area (Å²) >= 11 is 6.18. The average Bonchev–Trinajstić information content (AvgIpc) is 2.59. The molecule has 0 N–H and O–H groups in total. The van der Waals surface area contributed by atoms with Crippen LogP contribution >= 0.6 is 11.6 Å². The summed E-state index contributed by atoms with van der Waals surface area (Å²) in [7, 11) is 1.98. The number of ether oxygens (including phenoxy) is 1. The fraction of sp³-hybridized carbons (Fsp3) is 0.158. The molecule has 0 fully saturated rings. The Labute approximate surface area is 146 Å². The van der Waals surface area contributed by atoms with Crippen molar-refractivity contribution in [1.82, 2.24) is 9.97 Å². The number of aromatic nitrogens is 2. The van der Waals surface area contributed by atoms with E-state index in [2.05, 4.69) is 22.1 Å². The van der Waals surface area contributed by atoms with Crippen molar-refractivity contribution in [3.63, 3.8) is 0 Å². The zero-order valence-corrected chi connectivity index (χ0v) is 14.4. The second-order valence-electron chi connectivity index (χ2n) is 5.59. The fourth-order valence-corrected chi connectivity index (χ4v) is 2.49. The summed E-state index contributed by atoms with van der Waals surface area (Å²) in [6.45, 7) is 2.74. The standard InChI is InChI=1S/C19H18ClN3O/c1-14-8-9-16(20)17(10-14)24-19-11-18(21-13-22-19)23(2)12-15-6-4-3-5-7-15/h3-11,13H,12H2,1-2H3. The van der Waals surface area contributed by atoms with Crippen molar-refractivity contribution >= 4 is 17.4 Å². The highest BCUT2D eigenvalue weighted by Gasteiger charge is 2.09. The van der Waals surface area contributed by atoms with Crippen molar-refractivity contribution in [3.05, 3.63) is 77.1 Å². The lowest BCUT2D eigenvalue weighted by atomic mass is 10.2. The van der Waals surface area contributed by atoms with Gasteiger partial charge >= 0.3 is 0 Å². The number of rotatable bonds is 5. The van der Waals surface area contributed by atoms with E-state index in [0.29, 0.717) is 16.7 Å². The van der Waals surface area contributed by atoms with Crippen LogP contribution in [-0.2, 0) is 6.54 Å². The first-order valence-corrected chi connectivity index (χ1v) is 8.01. The molecule has 2 aromatic carbocycles. The maximum absolute atomic E-state index is 6.18. The number of hydrogen-bond acceptors (Lipinski definition) is 4. The van der Waals surface area contributed by atoms with Crippen LogP contribution in [0.4, 0.5) is 5.82 Å². The number of benzene rings is 2. The van der Waals surface area contributed by atoms with E-state index in [1.165, 1.54) is 11.9 Å². The minimum atomic E-state index is 0.465. The van der Waals surface area contributed by atoms with Crippen molar-refractivity contribution in [1.29, 1.82) is 0 Å². The Bertz CT molecular complexity index is 824. The van der Waals surface area contributed by atoms with Crippen LogP contribution in [0.2, 0.25) is 5.02 Å². The quantitative estimate of drug-likeness (QED) is 0.665. The monoisotopic (exact) mass is 339 g/mol. The molecule has 0 aliphatic carbocycles. The second kappa shape index (κ2) is 7.32. The van der Waals surface area contributed by atoms with Gasteiger partial charge in [0.05, 0.1) is 5.02 Å². The van der Waals surface area contributed by atoms with E-state index >= 15 is 0 Å². The predicted octanol–water partition coefficient (Wildman–Crippen LogP) is 4.87. The molecule has 3 rings (SSSR count). The van der Waals surface area contributed by atoms with E-state index in [4.69, 9.17) is 16.3 Å². The Hall–Kier alpha value is -2.59. The summed E-state index contributed by atoms with van der Waals surface area (Å²) in [5.41, 5.74) is 2.28. The van der Waals surface area contributed by atoms with E-state index in [9.17, 15) is 0 Å². The fourth-order valence-electron chi connectivity index (χ4n) is 2.33. The predicted molar refractivity (Wildman–Crippen MR) is 96.8 cm³/mol. The third-order valence-corrected chi connectivity index (χ3v) is 3.89. The van der Waals surface area contributed by atoms with Crippen LogP contribution in [-0.4, -0.2) is 17.0 Å². The SMILES string of the molecule is Cc1ccc(Cl)c(Oc2cc(N(C)Cc3ccccc3)ncn2)c1. The largest absolute Gasteiger partial charge is 0.437 e. The first-order chi connectivity index (χ1) is 11.6. The lowest BCUT2D eigenvalue weighted by Gasteiger charge is -2.18. The van der Waals surface area contributed by atoms with Crippen LogP contribution < -0.4 is 9.64 Å². The highest BCUT2D eigenvalue weighted by Crippen LogP contribution is 2.30. The normalized spacial score (nSPS) is 10.5. The van der Waals surface area contributed by atoms with E-state index in [-0.39, 0.29) is 0 Å². The van der Waals surface area contributed by atoms with E-state index in [0.717, 1.165) is 17.9 Å². The van der Waals surface area contributed by atoms with Crippen molar-refractivity contribution in [3.8, 4) is 11.6 Å².